The van der Waals surface area contributed by atoms with Crippen molar-refractivity contribution in [3.05, 3.63) is 75.6 Å². The summed E-state index contributed by atoms with van der Waals surface area (Å²) in [4.78, 5) is 66.1. The third-order valence-corrected chi connectivity index (χ3v) is 9.96. The molecule has 1 aromatic heterocycles. The molecule has 18 heteroatoms. The van der Waals surface area contributed by atoms with E-state index in [0.717, 1.165) is 27.9 Å². The van der Waals surface area contributed by atoms with Crippen molar-refractivity contribution < 1.29 is 50.3 Å². The number of amides is 5. The summed E-state index contributed by atoms with van der Waals surface area (Å²) < 4.78 is 82.4. The number of fused-ring (bicyclic) bond motifs is 1. The molecule has 2 N–H and O–H groups in total. The third-order valence-electron chi connectivity index (χ3n) is 9.65. The average molecular weight is 747 g/mol. The van der Waals surface area contributed by atoms with Gasteiger partial charge in [0.2, 0.25) is 11.8 Å². The first kappa shape index (κ1) is 35.1. The smallest absolute Gasteiger partial charge is 0.369 e. The van der Waals surface area contributed by atoms with Crippen LogP contribution in [0.4, 0.5) is 37.7 Å². The summed E-state index contributed by atoms with van der Waals surface area (Å²) in [7, 11) is 0. The highest BCUT2D eigenvalue weighted by Gasteiger charge is 2.49. The molecule has 1 unspecified atom stereocenters. The number of hydrogen-bond acceptors (Lipinski definition) is 7. The predicted octanol–water partition coefficient (Wildman–Crippen LogP) is 4.98. The van der Waals surface area contributed by atoms with Crippen LogP contribution in [0.1, 0.15) is 69.6 Å². The summed E-state index contributed by atoms with van der Waals surface area (Å²) in [5.41, 5.74) is -3.76. The number of carbonyl (C=O) groups excluding carboxylic acids is 5. The maximum absolute atomic E-state index is 14.1. The minimum atomic E-state index is -4.92. The number of benzene rings is 2. The second kappa shape index (κ2) is 12.4. The minimum absolute atomic E-state index is 0.0101. The standard InChI is InChI=1S/C34H25ClF6N6O5/c35-23-12-19(33(36,37)38)4-7-24(23)42-31(52)32(10-1-11-32)46-16-18(27(44-46)34(39,40)41)3-2-17-14-45(15-17)20-5-6-21-22(13-20)30(51)47(29(21)50)25-8-9-26(48)43-28(25)49/h4-7,12-13,16-17,25H,1,8-11,14-15H2,(H,42,52)(H,43,48,49). The number of halogens is 7. The molecular weight excluding hydrogens is 722 g/mol. The van der Waals surface area contributed by atoms with Gasteiger partial charge in [-0.1, -0.05) is 23.4 Å². The van der Waals surface area contributed by atoms with Crippen molar-refractivity contribution in [1.82, 2.24) is 20.0 Å². The number of nitrogens with one attached hydrogen (secondary N) is 2. The van der Waals surface area contributed by atoms with Gasteiger partial charge in [-0.2, -0.15) is 31.4 Å². The molecule has 270 valence electrons. The SMILES string of the molecule is O=C1CCC(N2C(=O)c3ccc(N4CC(C#Cc5cn(C6(C(=O)Nc7ccc(C(F)(F)F)cc7Cl)CCC6)nc5C(F)(F)F)C4)cc3C2=O)C(=O)N1. The number of hydrogen-bond donors (Lipinski definition) is 2. The average Bonchev–Trinajstić information content (AvgIpc) is 3.55. The highest BCUT2D eigenvalue weighted by atomic mass is 35.5. The minimum Gasteiger partial charge on any atom is -0.369 e. The van der Waals surface area contributed by atoms with Crippen LogP contribution in [0.3, 0.4) is 0 Å². The Labute approximate surface area is 295 Å². The Morgan fingerprint density at radius 1 is 0.962 bits per heavy atom. The quantitative estimate of drug-likeness (QED) is 0.214. The van der Waals surface area contributed by atoms with Gasteiger partial charge in [-0.05, 0) is 62.1 Å². The fourth-order valence-corrected chi connectivity index (χ4v) is 6.84. The monoisotopic (exact) mass is 746 g/mol. The Hall–Kier alpha value is -5.37. The van der Waals surface area contributed by atoms with Crippen molar-refractivity contribution in [2.24, 2.45) is 5.92 Å². The Morgan fingerprint density at radius 3 is 2.29 bits per heavy atom. The summed E-state index contributed by atoms with van der Waals surface area (Å²) in [6.45, 7) is 0.557. The molecule has 4 aliphatic rings. The molecule has 2 saturated heterocycles. The summed E-state index contributed by atoms with van der Waals surface area (Å²) in [5, 5.41) is 7.89. The summed E-state index contributed by atoms with van der Waals surface area (Å²) in [6.07, 6.45) is -7.87. The first-order valence-electron chi connectivity index (χ1n) is 15.9. The largest absolute Gasteiger partial charge is 0.436 e. The molecule has 3 aliphatic heterocycles. The zero-order valence-corrected chi connectivity index (χ0v) is 27.4. The maximum Gasteiger partial charge on any atom is 0.436 e. The summed E-state index contributed by atoms with van der Waals surface area (Å²) >= 11 is 5.99. The molecule has 1 atom stereocenters. The molecule has 0 bridgehead atoms. The van der Waals surface area contributed by atoms with Crippen LogP contribution in [0.25, 0.3) is 0 Å². The fraction of sp³-hybridized carbons (Fsp3) is 0.353. The lowest BCUT2D eigenvalue weighted by Gasteiger charge is -2.40. The number of rotatable bonds is 5. The van der Waals surface area contributed by atoms with Gasteiger partial charge in [0.25, 0.3) is 17.7 Å². The van der Waals surface area contributed by atoms with E-state index in [0.29, 0.717) is 18.2 Å². The molecule has 11 nitrogen and oxygen atoms in total. The molecule has 52 heavy (non-hydrogen) atoms. The molecule has 0 spiro atoms. The normalized spacial score (nSPS) is 20.1. The van der Waals surface area contributed by atoms with Gasteiger partial charge in [0.05, 0.1) is 38.9 Å². The molecule has 7 rings (SSSR count). The van der Waals surface area contributed by atoms with Gasteiger partial charge in [0.15, 0.2) is 5.69 Å². The third kappa shape index (κ3) is 6.04. The number of nitrogens with zero attached hydrogens (tertiary/aromatic N) is 4. The predicted molar refractivity (Wildman–Crippen MR) is 170 cm³/mol. The molecule has 4 heterocycles. The van der Waals surface area contributed by atoms with Crippen molar-refractivity contribution in [3.63, 3.8) is 0 Å². The van der Waals surface area contributed by atoms with Gasteiger partial charge in [-0.3, -0.25) is 38.9 Å². The Kier molecular flexibility index (Phi) is 8.36. The number of imide groups is 2. The van der Waals surface area contributed by atoms with E-state index in [4.69, 9.17) is 11.6 Å². The van der Waals surface area contributed by atoms with Gasteiger partial charge in [0.1, 0.15) is 11.6 Å². The Morgan fingerprint density at radius 2 is 1.67 bits per heavy atom. The summed E-state index contributed by atoms with van der Waals surface area (Å²) in [6, 6.07) is 5.77. The van der Waals surface area contributed by atoms with Crippen LogP contribution in [0.5, 0.6) is 0 Å². The van der Waals surface area contributed by atoms with E-state index in [2.05, 4.69) is 27.6 Å². The van der Waals surface area contributed by atoms with Gasteiger partial charge >= 0.3 is 12.4 Å². The molecule has 2 aromatic carbocycles. The van der Waals surface area contributed by atoms with Crippen molar-refractivity contribution in [2.75, 3.05) is 23.3 Å². The number of alkyl halides is 6. The highest BCUT2D eigenvalue weighted by Crippen LogP contribution is 2.43. The van der Waals surface area contributed by atoms with Crippen LogP contribution < -0.4 is 15.5 Å². The molecule has 0 radical (unpaired) electrons. The van der Waals surface area contributed by atoms with E-state index >= 15 is 0 Å². The zero-order valence-electron chi connectivity index (χ0n) is 26.6. The second-order valence-electron chi connectivity index (χ2n) is 12.9. The molecule has 5 amide bonds. The van der Waals surface area contributed by atoms with Gasteiger partial charge < -0.3 is 10.2 Å². The second-order valence-corrected chi connectivity index (χ2v) is 13.3. The number of anilines is 2. The van der Waals surface area contributed by atoms with E-state index in [1.165, 1.54) is 12.1 Å². The molecule has 3 aromatic rings. The topological polar surface area (TPSA) is 134 Å². The van der Waals surface area contributed by atoms with E-state index in [-0.39, 0.29) is 55.6 Å². The van der Waals surface area contributed by atoms with Crippen LogP contribution in [0.2, 0.25) is 5.02 Å². The molecular formula is C34H25ClF6N6O5. The maximum atomic E-state index is 14.1. The first-order chi connectivity index (χ1) is 24.5. The molecule has 3 fully saturated rings. The van der Waals surface area contributed by atoms with E-state index in [1.54, 1.807) is 11.0 Å². The lowest BCUT2D eigenvalue weighted by molar-refractivity contribution is -0.143. The Bertz CT molecular complexity index is 2130. The van der Waals surface area contributed by atoms with E-state index in [9.17, 15) is 50.3 Å². The van der Waals surface area contributed by atoms with Crippen molar-refractivity contribution in [1.29, 1.82) is 0 Å². The fourth-order valence-electron chi connectivity index (χ4n) is 6.61. The molecule has 1 saturated carbocycles. The van der Waals surface area contributed by atoms with Crippen LogP contribution in [-0.2, 0) is 32.3 Å². The number of aromatic nitrogens is 2. The van der Waals surface area contributed by atoms with Gasteiger partial charge in [0, 0.05) is 31.4 Å². The van der Waals surface area contributed by atoms with Crippen molar-refractivity contribution in [2.45, 2.75) is 56.0 Å². The lowest BCUT2D eigenvalue weighted by atomic mass is 9.76. The zero-order chi connectivity index (χ0) is 37.3. The van der Waals surface area contributed by atoms with Gasteiger partial charge in [-0.15, -0.1) is 0 Å². The van der Waals surface area contributed by atoms with Crippen LogP contribution in [-0.4, -0.2) is 63.3 Å². The van der Waals surface area contributed by atoms with Crippen molar-refractivity contribution >= 4 is 52.5 Å². The highest BCUT2D eigenvalue weighted by molar-refractivity contribution is 6.33. The van der Waals surface area contributed by atoms with Crippen LogP contribution in [0, 0.1) is 17.8 Å². The molecule has 1 aliphatic carbocycles. The van der Waals surface area contributed by atoms with Gasteiger partial charge in [-0.25, -0.2) is 0 Å². The number of carbonyl (C=O) groups is 5. The van der Waals surface area contributed by atoms with Crippen LogP contribution >= 0.6 is 11.6 Å². The summed E-state index contributed by atoms with van der Waals surface area (Å²) in [5.74, 6) is 1.63. The Balaban J connectivity index is 1.06. The number of piperidine rings is 1. The van der Waals surface area contributed by atoms with Crippen LogP contribution in [0.15, 0.2) is 42.6 Å². The lowest BCUT2D eigenvalue weighted by Crippen LogP contribution is -2.54. The van der Waals surface area contributed by atoms with E-state index in [1.807, 2.05) is 0 Å². The first-order valence-corrected chi connectivity index (χ1v) is 16.3. The van der Waals surface area contributed by atoms with E-state index < -0.39 is 81.2 Å². The van der Waals surface area contributed by atoms with Crippen molar-refractivity contribution in [3.8, 4) is 11.8 Å².